The van der Waals surface area contributed by atoms with E-state index in [1.807, 2.05) is 18.2 Å². The second-order valence-corrected chi connectivity index (χ2v) is 5.47. The van der Waals surface area contributed by atoms with Gasteiger partial charge in [0.05, 0.1) is 5.69 Å². The van der Waals surface area contributed by atoms with Crippen LogP contribution in [0.1, 0.15) is 35.3 Å². The van der Waals surface area contributed by atoms with Gasteiger partial charge in [-0.05, 0) is 37.6 Å². The summed E-state index contributed by atoms with van der Waals surface area (Å²) in [7, 11) is 0. The fourth-order valence-corrected chi connectivity index (χ4v) is 2.84. The Labute approximate surface area is 123 Å². The van der Waals surface area contributed by atoms with Gasteiger partial charge in [-0.3, -0.25) is 10.00 Å². The minimum atomic E-state index is -0.984. The van der Waals surface area contributed by atoms with Crippen molar-refractivity contribution in [1.82, 2.24) is 15.1 Å². The molecule has 2 N–H and O–H groups in total. The van der Waals surface area contributed by atoms with Gasteiger partial charge in [0, 0.05) is 12.1 Å². The Hall–Kier alpha value is -2.14. The average Bonchev–Trinajstić information content (AvgIpc) is 2.99. The van der Waals surface area contributed by atoms with Crippen LogP contribution in [-0.4, -0.2) is 39.3 Å². The lowest BCUT2D eigenvalue weighted by atomic mass is 10.0. The molecular formula is C16H19N3O2. The number of nitrogens with one attached hydrogen (secondary N) is 1. The lowest BCUT2D eigenvalue weighted by Gasteiger charge is -2.27. The molecule has 0 amide bonds. The Kier molecular flexibility index (Phi) is 4.01. The summed E-state index contributed by atoms with van der Waals surface area (Å²) in [6.07, 6.45) is 3.83. The van der Waals surface area contributed by atoms with Crippen molar-refractivity contribution in [3.05, 3.63) is 41.6 Å². The fourth-order valence-electron chi connectivity index (χ4n) is 2.84. The van der Waals surface area contributed by atoms with Crippen molar-refractivity contribution >= 4 is 5.97 Å². The van der Waals surface area contributed by atoms with E-state index in [-0.39, 0.29) is 5.69 Å². The van der Waals surface area contributed by atoms with Gasteiger partial charge in [-0.15, -0.1) is 0 Å². The van der Waals surface area contributed by atoms with Crippen LogP contribution in [0.4, 0.5) is 0 Å². The highest BCUT2D eigenvalue weighted by Crippen LogP contribution is 2.24. The first-order chi connectivity index (χ1) is 10.2. The molecule has 0 bridgehead atoms. The van der Waals surface area contributed by atoms with Crippen LogP contribution in [0.2, 0.25) is 0 Å². The molecule has 5 nitrogen and oxygen atoms in total. The Morgan fingerprint density at radius 2 is 2.00 bits per heavy atom. The van der Waals surface area contributed by atoms with Gasteiger partial charge >= 0.3 is 5.97 Å². The number of aromatic nitrogens is 2. The van der Waals surface area contributed by atoms with Gasteiger partial charge in [0.15, 0.2) is 0 Å². The van der Waals surface area contributed by atoms with E-state index in [9.17, 15) is 4.79 Å². The quantitative estimate of drug-likeness (QED) is 0.906. The van der Waals surface area contributed by atoms with E-state index in [0.717, 1.165) is 25.2 Å². The number of hydrogen-bond acceptors (Lipinski definition) is 3. The zero-order chi connectivity index (χ0) is 14.7. The fraction of sp³-hybridized carbons (Fsp3) is 0.375. The van der Waals surface area contributed by atoms with Crippen LogP contribution in [0.5, 0.6) is 0 Å². The Bertz CT molecular complexity index is 630. The van der Waals surface area contributed by atoms with E-state index in [2.05, 4.69) is 21.2 Å². The summed E-state index contributed by atoms with van der Waals surface area (Å²) in [6, 6.07) is 9.68. The molecular weight excluding hydrogens is 266 g/mol. The Morgan fingerprint density at radius 3 is 2.71 bits per heavy atom. The Balaban J connectivity index is 1.85. The lowest BCUT2D eigenvalue weighted by Crippen LogP contribution is -2.29. The second kappa shape index (κ2) is 6.10. The summed E-state index contributed by atoms with van der Waals surface area (Å²) in [5, 5.41) is 15.7. The molecule has 21 heavy (non-hydrogen) atoms. The van der Waals surface area contributed by atoms with E-state index in [1.54, 1.807) is 6.07 Å². The van der Waals surface area contributed by atoms with Gasteiger partial charge in [-0.1, -0.05) is 30.7 Å². The maximum absolute atomic E-state index is 11.0. The highest BCUT2D eigenvalue weighted by atomic mass is 16.4. The predicted octanol–water partition coefficient (Wildman–Crippen LogP) is 2.76. The minimum absolute atomic E-state index is 0.123. The maximum Gasteiger partial charge on any atom is 0.353 e. The SMILES string of the molecule is O=C(O)c1cc(-c2ccccc2CN2CCCCC2)n[nH]1. The molecule has 0 radical (unpaired) electrons. The second-order valence-electron chi connectivity index (χ2n) is 5.47. The summed E-state index contributed by atoms with van der Waals surface area (Å²) in [4.78, 5) is 13.4. The highest BCUT2D eigenvalue weighted by Gasteiger charge is 2.15. The predicted molar refractivity (Wildman–Crippen MR) is 80.1 cm³/mol. The first-order valence-corrected chi connectivity index (χ1v) is 7.33. The van der Waals surface area contributed by atoms with E-state index in [4.69, 9.17) is 5.11 Å². The molecule has 110 valence electrons. The van der Waals surface area contributed by atoms with Gasteiger partial charge in [0.25, 0.3) is 0 Å². The third-order valence-corrected chi connectivity index (χ3v) is 3.94. The average molecular weight is 285 g/mol. The molecule has 0 atom stereocenters. The molecule has 2 heterocycles. The number of aromatic carboxylic acids is 1. The number of hydrogen-bond donors (Lipinski definition) is 2. The molecule has 1 aromatic carbocycles. The van der Waals surface area contributed by atoms with Gasteiger partial charge in [-0.2, -0.15) is 5.10 Å². The van der Waals surface area contributed by atoms with Crippen LogP contribution in [0.3, 0.4) is 0 Å². The number of aromatic amines is 1. The molecule has 0 aliphatic carbocycles. The van der Waals surface area contributed by atoms with Gasteiger partial charge in [0.1, 0.15) is 5.69 Å². The number of carbonyl (C=O) groups is 1. The van der Waals surface area contributed by atoms with E-state index < -0.39 is 5.97 Å². The van der Waals surface area contributed by atoms with Crippen molar-refractivity contribution < 1.29 is 9.90 Å². The van der Waals surface area contributed by atoms with Crippen molar-refractivity contribution in [3.63, 3.8) is 0 Å². The molecule has 1 aliphatic rings. The van der Waals surface area contributed by atoms with Crippen LogP contribution in [0, 0.1) is 0 Å². The molecule has 5 heteroatoms. The van der Waals surface area contributed by atoms with E-state index in [0.29, 0.717) is 5.69 Å². The number of carboxylic acid groups (broad SMARTS) is 1. The number of benzene rings is 1. The number of likely N-dealkylation sites (tertiary alicyclic amines) is 1. The summed E-state index contributed by atoms with van der Waals surface area (Å²) in [5.41, 5.74) is 3.02. The van der Waals surface area contributed by atoms with Crippen LogP contribution in [0.25, 0.3) is 11.3 Å². The van der Waals surface area contributed by atoms with Crippen molar-refractivity contribution in [2.75, 3.05) is 13.1 Å². The molecule has 0 saturated carbocycles. The van der Waals surface area contributed by atoms with Crippen molar-refractivity contribution in [2.24, 2.45) is 0 Å². The van der Waals surface area contributed by atoms with Crippen molar-refractivity contribution in [3.8, 4) is 11.3 Å². The van der Waals surface area contributed by atoms with E-state index >= 15 is 0 Å². The number of rotatable bonds is 4. The van der Waals surface area contributed by atoms with Crippen molar-refractivity contribution in [1.29, 1.82) is 0 Å². The molecule has 2 aromatic rings. The summed E-state index contributed by atoms with van der Waals surface area (Å²) in [6.45, 7) is 3.16. The summed E-state index contributed by atoms with van der Waals surface area (Å²) >= 11 is 0. The number of nitrogens with zero attached hydrogens (tertiary/aromatic N) is 2. The maximum atomic E-state index is 11.0. The zero-order valence-electron chi connectivity index (χ0n) is 11.9. The number of carboxylic acids is 1. The molecule has 0 unspecified atom stereocenters. The van der Waals surface area contributed by atoms with Crippen molar-refractivity contribution in [2.45, 2.75) is 25.8 Å². The molecule has 0 spiro atoms. The first-order valence-electron chi connectivity index (χ1n) is 7.33. The lowest BCUT2D eigenvalue weighted by molar-refractivity contribution is 0.0690. The molecule has 1 aliphatic heterocycles. The van der Waals surface area contributed by atoms with Gasteiger partial charge in [0.2, 0.25) is 0 Å². The van der Waals surface area contributed by atoms with Crippen LogP contribution < -0.4 is 0 Å². The topological polar surface area (TPSA) is 69.2 Å². The Morgan fingerprint density at radius 1 is 1.24 bits per heavy atom. The summed E-state index contributed by atoms with van der Waals surface area (Å²) in [5.74, 6) is -0.984. The highest BCUT2D eigenvalue weighted by molar-refractivity contribution is 5.87. The van der Waals surface area contributed by atoms with Crippen LogP contribution >= 0.6 is 0 Å². The monoisotopic (exact) mass is 285 g/mol. The summed E-state index contributed by atoms with van der Waals surface area (Å²) < 4.78 is 0. The standard InChI is InChI=1S/C16H19N3O2/c20-16(21)15-10-14(17-18-15)13-7-3-2-6-12(13)11-19-8-4-1-5-9-19/h2-3,6-7,10H,1,4-5,8-9,11H2,(H,17,18)(H,20,21). The number of piperidine rings is 1. The van der Waals surface area contributed by atoms with Crippen LogP contribution in [-0.2, 0) is 6.54 Å². The van der Waals surface area contributed by atoms with E-state index in [1.165, 1.54) is 24.8 Å². The van der Waals surface area contributed by atoms with Crippen LogP contribution in [0.15, 0.2) is 30.3 Å². The normalized spacial score (nSPS) is 16.0. The number of H-pyrrole nitrogens is 1. The van der Waals surface area contributed by atoms with Gasteiger partial charge < -0.3 is 5.11 Å². The molecule has 1 aromatic heterocycles. The zero-order valence-corrected chi connectivity index (χ0v) is 11.9. The van der Waals surface area contributed by atoms with Gasteiger partial charge in [-0.25, -0.2) is 4.79 Å². The first kappa shape index (κ1) is 13.8. The smallest absolute Gasteiger partial charge is 0.353 e. The largest absolute Gasteiger partial charge is 0.477 e. The molecule has 3 rings (SSSR count). The third kappa shape index (κ3) is 3.13. The minimum Gasteiger partial charge on any atom is -0.477 e. The third-order valence-electron chi connectivity index (χ3n) is 3.94. The molecule has 1 fully saturated rings. The molecule has 1 saturated heterocycles.